The van der Waals surface area contributed by atoms with E-state index in [2.05, 4.69) is 39.0 Å². The predicted molar refractivity (Wildman–Crippen MR) is 52.6 cm³/mol. The van der Waals surface area contributed by atoms with Crippen LogP contribution in [0.1, 0.15) is 40.5 Å². The summed E-state index contributed by atoms with van der Waals surface area (Å²) in [5.41, 5.74) is 1.49. The highest BCUT2D eigenvalue weighted by Gasteiger charge is 2.00. The van der Waals surface area contributed by atoms with Crippen molar-refractivity contribution in [2.75, 3.05) is 0 Å². The second-order valence-electron chi connectivity index (χ2n) is 3.13. The Morgan fingerprint density at radius 1 is 1.45 bits per heavy atom. The molecule has 11 heavy (non-hydrogen) atoms. The topological polar surface area (TPSA) is 0 Å². The average Bonchev–Trinajstić information content (AvgIpc) is 2.00. The zero-order chi connectivity index (χ0) is 8.69. The third-order valence-corrected chi connectivity index (χ3v) is 2.05. The summed E-state index contributed by atoms with van der Waals surface area (Å²) in [5, 5.41) is 0. The first kappa shape index (κ1) is 10.5. The first-order valence-electron chi connectivity index (χ1n) is 4.51. The van der Waals surface area contributed by atoms with Crippen molar-refractivity contribution in [3.05, 3.63) is 23.8 Å². The van der Waals surface area contributed by atoms with Crippen LogP contribution in [0, 0.1) is 5.92 Å². The van der Waals surface area contributed by atoms with Crippen molar-refractivity contribution in [2.24, 2.45) is 5.92 Å². The van der Waals surface area contributed by atoms with E-state index in [0.29, 0.717) is 0 Å². The van der Waals surface area contributed by atoms with Gasteiger partial charge in [0.2, 0.25) is 0 Å². The number of hydrogen-bond donors (Lipinski definition) is 0. The molecule has 0 N–H and O–H groups in total. The lowest BCUT2D eigenvalue weighted by Gasteiger charge is -2.09. The first-order valence-corrected chi connectivity index (χ1v) is 4.51. The van der Waals surface area contributed by atoms with Gasteiger partial charge in [-0.3, -0.25) is 0 Å². The predicted octanol–water partition coefficient (Wildman–Crippen LogP) is 3.95. The van der Waals surface area contributed by atoms with Crippen LogP contribution in [0.3, 0.4) is 0 Å². The molecule has 0 nitrogen and oxygen atoms in total. The summed E-state index contributed by atoms with van der Waals surface area (Å²) in [4.78, 5) is 0. The van der Waals surface area contributed by atoms with Crippen LogP contribution in [0.25, 0.3) is 0 Å². The number of rotatable bonds is 4. The van der Waals surface area contributed by atoms with Gasteiger partial charge in [-0.1, -0.05) is 44.1 Å². The minimum absolute atomic E-state index is 0.746. The Balaban J connectivity index is 3.89. The van der Waals surface area contributed by atoms with Gasteiger partial charge >= 0.3 is 0 Å². The molecule has 0 fully saturated rings. The molecule has 0 saturated carbocycles. The normalized spacial score (nSPS) is 15.8. The first-order chi connectivity index (χ1) is 5.22. The zero-order valence-electron chi connectivity index (χ0n) is 8.22. The lowest BCUT2D eigenvalue weighted by Crippen LogP contribution is -1.94. The highest BCUT2D eigenvalue weighted by molar-refractivity contribution is 5.11. The Hall–Kier alpha value is -0.520. The monoisotopic (exact) mass is 152 g/mol. The molecule has 0 bridgehead atoms. The second-order valence-corrected chi connectivity index (χ2v) is 3.13. The van der Waals surface area contributed by atoms with Crippen LogP contribution in [0.4, 0.5) is 0 Å². The maximum atomic E-state index is 2.29. The third kappa shape index (κ3) is 4.83. The molecule has 0 amide bonds. The van der Waals surface area contributed by atoms with E-state index >= 15 is 0 Å². The van der Waals surface area contributed by atoms with E-state index in [-0.39, 0.29) is 0 Å². The van der Waals surface area contributed by atoms with Crippen LogP contribution in [0.2, 0.25) is 0 Å². The molecule has 0 aliphatic rings. The third-order valence-electron chi connectivity index (χ3n) is 2.05. The van der Waals surface area contributed by atoms with E-state index in [1.807, 2.05) is 6.92 Å². The van der Waals surface area contributed by atoms with Gasteiger partial charge in [0.05, 0.1) is 0 Å². The van der Waals surface area contributed by atoms with Crippen LogP contribution >= 0.6 is 0 Å². The largest absolute Gasteiger partial charge is 0.0877 e. The standard InChI is InChI=1S/C11H20/c1-5-7-9-11(4)10(3)8-6-2/h5,7,9-10H,6,8H2,1-4H3/b7-5-,11-9+. The van der Waals surface area contributed by atoms with Gasteiger partial charge in [-0.25, -0.2) is 0 Å². The van der Waals surface area contributed by atoms with Gasteiger partial charge in [-0.05, 0) is 26.2 Å². The molecular weight excluding hydrogens is 132 g/mol. The van der Waals surface area contributed by atoms with Crippen molar-refractivity contribution in [1.82, 2.24) is 0 Å². The summed E-state index contributed by atoms with van der Waals surface area (Å²) < 4.78 is 0. The second kappa shape index (κ2) is 6.21. The molecule has 1 unspecified atom stereocenters. The van der Waals surface area contributed by atoms with E-state index < -0.39 is 0 Å². The fourth-order valence-corrected chi connectivity index (χ4v) is 1.07. The number of allylic oxidation sites excluding steroid dienone is 4. The molecule has 0 radical (unpaired) electrons. The van der Waals surface area contributed by atoms with Crippen LogP contribution in [0.15, 0.2) is 23.8 Å². The lowest BCUT2D eigenvalue weighted by molar-refractivity contribution is 0.602. The molecule has 0 rings (SSSR count). The Morgan fingerprint density at radius 3 is 2.55 bits per heavy atom. The Labute approximate surface area is 71.0 Å². The van der Waals surface area contributed by atoms with E-state index in [1.54, 1.807) is 0 Å². The fraction of sp³-hybridized carbons (Fsp3) is 0.636. The molecule has 0 heteroatoms. The maximum Gasteiger partial charge on any atom is -0.0231 e. The summed E-state index contributed by atoms with van der Waals surface area (Å²) in [5.74, 6) is 0.746. The highest BCUT2D eigenvalue weighted by atomic mass is 14.1. The molecular formula is C11H20. The molecule has 0 spiro atoms. The van der Waals surface area contributed by atoms with E-state index in [4.69, 9.17) is 0 Å². The Bertz CT molecular complexity index is 140. The molecule has 0 aromatic rings. The minimum atomic E-state index is 0.746. The molecule has 1 atom stereocenters. The SMILES string of the molecule is C/C=C\C=C(/C)C(C)CCC. The molecule has 0 aliphatic heterocycles. The molecule has 0 heterocycles. The van der Waals surface area contributed by atoms with Crippen molar-refractivity contribution < 1.29 is 0 Å². The van der Waals surface area contributed by atoms with Gasteiger partial charge in [-0.2, -0.15) is 0 Å². The van der Waals surface area contributed by atoms with Gasteiger partial charge in [0.1, 0.15) is 0 Å². The van der Waals surface area contributed by atoms with Crippen LogP contribution in [-0.4, -0.2) is 0 Å². The quantitative estimate of drug-likeness (QED) is 0.535. The zero-order valence-corrected chi connectivity index (χ0v) is 8.22. The molecule has 0 saturated heterocycles. The van der Waals surface area contributed by atoms with Crippen molar-refractivity contribution in [3.63, 3.8) is 0 Å². The number of hydrogen-bond acceptors (Lipinski definition) is 0. The van der Waals surface area contributed by atoms with Crippen LogP contribution in [0.5, 0.6) is 0 Å². The van der Waals surface area contributed by atoms with Crippen LogP contribution < -0.4 is 0 Å². The summed E-state index contributed by atoms with van der Waals surface area (Å²) in [6, 6.07) is 0. The maximum absolute atomic E-state index is 2.29. The summed E-state index contributed by atoms with van der Waals surface area (Å²) in [6.45, 7) is 8.78. The summed E-state index contributed by atoms with van der Waals surface area (Å²) in [6.07, 6.45) is 8.98. The Morgan fingerprint density at radius 2 is 2.09 bits per heavy atom. The summed E-state index contributed by atoms with van der Waals surface area (Å²) >= 11 is 0. The van der Waals surface area contributed by atoms with Gasteiger partial charge < -0.3 is 0 Å². The lowest BCUT2D eigenvalue weighted by atomic mass is 9.97. The van der Waals surface area contributed by atoms with Gasteiger partial charge in [0, 0.05) is 0 Å². The molecule has 64 valence electrons. The molecule has 0 aliphatic carbocycles. The van der Waals surface area contributed by atoms with E-state index in [1.165, 1.54) is 18.4 Å². The van der Waals surface area contributed by atoms with E-state index in [0.717, 1.165) is 5.92 Å². The Kier molecular flexibility index (Phi) is 5.91. The van der Waals surface area contributed by atoms with Crippen molar-refractivity contribution in [1.29, 1.82) is 0 Å². The smallest absolute Gasteiger partial charge is 0.0231 e. The average molecular weight is 152 g/mol. The fourth-order valence-electron chi connectivity index (χ4n) is 1.07. The van der Waals surface area contributed by atoms with Gasteiger partial charge in [-0.15, -0.1) is 0 Å². The van der Waals surface area contributed by atoms with Crippen molar-refractivity contribution >= 4 is 0 Å². The highest BCUT2D eigenvalue weighted by Crippen LogP contribution is 2.15. The van der Waals surface area contributed by atoms with Gasteiger partial charge in [0.15, 0.2) is 0 Å². The van der Waals surface area contributed by atoms with Crippen LogP contribution in [-0.2, 0) is 0 Å². The summed E-state index contributed by atoms with van der Waals surface area (Å²) in [7, 11) is 0. The molecule has 0 aromatic heterocycles. The minimum Gasteiger partial charge on any atom is -0.0877 e. The van der Waals surface area contributed by atoms with Crippen molar-refractivity contribution in [2.45, 2.75) is 40.5 Å². The van der Waals surface area contributed by atoms with Crippen molar-refractivity contribution in [3.8, 4) is 0 Å². The molecule has 0 aromatic carbocycles. The van der Waals surface area contributed by atoms with Gasteiger partial charge in [0.25, 0.3) is 0 Å². The van der Waals surface area contributed by atoms with E-state index in [9.17, 15) is 0 Å².